The molecule has 1 unspecified atom stereocenters. The van der Waals surface area contributed by atoms with Crippen molar-refractivity contribution in [1.29, 1.82) is 0 Å². The fourth-order valence-corrected chi connectivity index (χ4v) is 3.31. The Bertz CT molecular complexity index is 236. The number of hydrogen-bond donors (Lipinski definition) is 1. The maximum Gasteiger partial charge on any atom is 0.0345 e. The Morgan fingerprint density at radius 2 is 1.72 bits per heavy atom. The molecular formula is C15H31N3. The molecule has 106 valence electrons. The molecule has 0 aromatic heterocycles. The minimum atomic E-state index is 0.700. The van der Waals surface area contributed by atoms with E-state index < -0.39 is 0 Å². The highest BCUT2D eigenvalue weighted by Crippen LogP contribution is 2.27. The number of nitrogens with zero attached hydrogens (tertiary/aromatic N) is 2. The highest BCUT2D eigenvalue weighted by molar-refractivity contribution is 4.81. The summed E-state index contributed by atoms with van der Waals surface area (Å²) < 4.78 is 0. The van der Waals surface area contributed by atoms with Crippen molar-refractivity contribution in [1.82, 2.24) is 15.1 Å². The molecule has 1 aliphatic heterocycles. The van der Waals surface area contributed by atoms with Crippen LogP contribution < -0.4 is 5.32 Å². The van der Waals surface area contributed by atoms with Crippen LogP contribution in [0.25, 0.3) is 0 Å². The summed E-state index contributed by atoms with van der Waals surface area (Å²) in [5, 5.41) is 3.72. The molecule has 3 nitrogen and oxygen atoms in total. The molecule has 2 rings (SSSR count). The lowest BCUT2D eigenvalue weighted by molar-refractivity contribution is 0.112. The van der Waals surface area contributed by atoms with E-state index in [9.17, 15) is 0 Å². The van der Waals surface area contributed by atoms with E-state index in [4.69, 9.17) is 0 Å². The van der Waals surface area contributed by atoms with Crippen molar-refractivity contribution in [3.63, 3.8) is 0 Å². The van der Waals surface area contributed by atoms with Crippen LogP contribution in [0.5, 0.6) is 0 Å². The second-order valence-corrected chi connectivity index (χ2v) is 6.68. The van der Waals surface area contributed by atoms with E-state index in [1.165, 1.54) is 51.9 Å². The second-order valence-electron chi connectivity index (χ2n) is 6.68. The van der Waals surface area contributed by atoms with Gasteiger partial charge in [-0.15, -0.1) is 0 Å². The predicted octanol–water partition coefficient (Wildman–Crippen LogP) is 1.65. The number of nitrogens with one attached hydrogen (secondary N) is 1. The maximum atomic E-state index is 3.72. The van der Waals surface area contributed by atoms with Crippen LogP contribution in [0, 0.1) is 11.8 Å². The van der Waals surface area contributed by atoms with Crippen molar-refractivity contribution in [2.24, 2.45) is 11.8 Å². The molecule has 1 N–H and O–H groups in total. The second kappa shape index (κ2) is 6.88. The van der Waals surface area contributed by atoms with E-state index in [1.54, 1.807) is 0 Å². The van der Waals surface area contributed by atoms with Gasteiger partial charge in [-0.3, -0.25) is 4.90 Å². The summed E-state index contributed by atoms with van der Waals surface area (Å²) in [7, 11) is 4.50. The summed E-state index contributed by atoms with van der Waals surface area (Å²) in [5.74, 6) is 1.91. The van der Waals surface area contributed by atoms with Crippen LogP contribution in [0.1, 0.15) is 32.6 Å². The van der Waals surface area contributed by atoms with E-state index in [1.807, 2.05) is 0 Å². The molecule has 1 aliphatic carbocycles. The zero-order valence-electron chi connectivity index (χ0n) is 12.5. The van der Waals surface area contributed by atoms with Crippen LogP contribution in [0.4, 0.5) is 0 Å². The Hall–Kier alpha value is -0.120. The minimum Gasteiger partial charge on any atom is -0.315 e. The van der Waals surface area contributed by atoms with Crippen molar-refractivity contribution in [2.75, 3.05) is 46.8 Å². The molecule has 0 spiro atoms. The maximum absolute atomic E-state index is 3.72. The largest absolute Gasteiger partial charge is 0.315 e. The lowest BCUT2D eigenvalue weighted by atomic mass is 9.83. The Labute approximate surface area is 113 Å². The third-order valence-corrected chi connectivity index (χ3v) is 4.93. The van der Waals surface area contributed by atoms with Crippen molar-refractivity contribution in [3.8, 4) is 0 Å². The van der Waals surface area contributed by atoms with Crippen molar-refractivity contribution in [2.45, 2.75) is 38.6 Å². The minimum absolute atomic E-state index is 0.700. The molecule has 0 amide bonds. The van der Waals surface area contributed by atoms with E-state index in [0.29, 0.717) is 6.04 Å². The van der Waals surface area contributed by atoms with Gasteiger partial charge in [-0.1, -0.05) is 19.8 Å². The molecule has 0 aromatic rings. The van der Waals surface area contributed by atoms with Gasteiger partial charge < -0.3 is 10.2 Å². The summed E-state index contributed by atoms with van der Waals surface area (Å²) in [6.07, 6.45) is 5.76. The van der Waals surface area contributed by atoms with E-state index in [2.05, 4.69) is 36.1 Å². The van der Waals surface area contributed by atoms with Gasteiger partial charge in [0.25, 0.3) is 0 Å². The molecule has 0 bridgehead atoms. The smallest absolute Gasteiger partial charge is 0.0345 e. The molecule has 0 radical (unpaired) electrons. The molecule has 1 atom stereocenters. The normalized spacial score (nSPS) is 35.8. The zero-order chi connectivity index (χ0) is 13.0. The first-order chi connectivity index (χ1) is 8.65. The Morgan fingerprint density at radius 3 is 2.44 bits per heavy atom. The molecule has 1 heterocycles. The highest BCUT2D eigenvalue weighted by atomic mass is 15.3. The Balaban J connectivity index is 1.62. The molecular weight excluding hydrogens is 222 g/mol. The molecule has 0 aromatic carbocycles. The number of hydrogen-bond acceptors (Lipinski definition) is 3. The van der Waals surface area contributed by atoms with Crippen molar-refractivity contribution < 1.29 is 0 Å². The van der Waals surface area contributed by atoms with Gasteiger partial charge in [-0.25, -0.2) is 0 Å². The monoisotopic (exact) mass is 253 g/mol. The number of piperazine rings is 1. The van der Waals surface area contributed by atoms with Crippen LogP contribution in [-0.4, -0.2) is 62.7 Å². The SMILES string of the molecule is CC1CCC(CNCC2CN(C)CCN2C)CC1. The third kappa shape index (κ3) is 4.22. The first-order valence-electron chi connectivity index (χ1n) is 7.74. The first-order valence-corrected chi connectivity index (χ1v) is 7.74. The van der Waals surface area contributed by atoms with E-state index >= 15 is 0 Å². The fraction of sp³-hybridized carbons (Fsp3) is 1.00. The summed E-state index contributed by atoms with van der Waals surface area (Å²) >= 11 is 0. The lowest BCUT2D eigenvalue weighted by Gasteiger charge is -2.38. The van der Waals surface area contributed by atoms with Gasteiger partial charge in [0.1, 0.15) is 0 Å². The average molecular weight is 253 g/mol. The number of rotatable bonds is 4. The van der Waals surface area contributed by atoms with E-state index in [-0.39, 0.29) is 0 Å². The Morgan fingerprint density at radius 1 is 1.00 bits per heavy atom. The average Bonchev–Trinajstić information content (AvgIpc) is 2.36. The lowest BCUT2D eigenvalue weighted by Crippen LogP contribution is -2.54. The summed E-state index contributed by atoms with van der Waals surface area (Å²) in [5.41, 5.74) is 0. The topological polar surface area (TPSA) is 18.5 Å². The molecule has 3 heteroatoms. The zero-order valence-corrected chi connectivity index (χ0v) is 12.5. The van der Waals surface area contributed by atoms with Crippen LogP contribution in [0.15, 0.2) is 0 Å². The predicted molar refractivity (Wildman–Crippen MR) is 77.9 cm³/mol. The Kier molecular flexibility index (Phi) is 5.46. The molecule has 18 heavy (non-hydrogen) atoms. The van der Waals surface area contributed by atoms with E-state index in [0.717, 1.165) is 18.4 Å². The van der Waals surface area contributed by atoms with Gasteiger partial charge in [0.15, 0.2) is 0 Å². The van der Waals surface area contributed by atoms with Gasteiger partial charge in [0.2, 0.25) is 0 Å². The molecule has 2 fully saturated rings. The van der Waals surface area contributed by atoms with Crippen LogP contribution in [-0.2, 0) is 0 Å². The van der Waals surface area contributed by atoms with Crippen LogP contribution >= 0.6 is 0 Å². The molecule has 1 saturated carbocycles. The van der Waals surface area contributed by atoms with Gasteiger partial charge in [-0.2, -0.15) is 0 Å². The summed E-state index contributed by atoms with van der Waals surface area (Å²) in [4.78, 5) is 4.96. The van der Waals surface area contributed by atoms with Crippen LogP contribution in [0.2, 0.25) is 0 Å². The number of likely N-dealkylation sites (N-methyl/N-ethyl adjacent to an activating group) is 2. The van der Waals surface area contributed by atoms with Crippen molar-refractivity contribution in [3.05, 3.63) is 0 Å². The third-order valence-electron chi connectivity index (χ3n) is 4.93. The molecule has 1 saturated heterocycles. The summed E-state index contributed by atoms with van der Waals surface area (Å²) in [6, 6.07) is 0.700. The molecule has 2 aliphatic rings. The first kappa shape index (κ1) is 14.3. The van der Waals surface area contributed by atoms with Gasteiger partial charge in [0, 0.05) is 32.2 Å². The van der Waals surface area contributed by atoms with Crippen molar-refractivity contribution >= 4 is 0 Å². The fourth-order valence-electron chi connectivity index (χ4n) is 3.31. The standard InChI is InChI=1S/C15H31N3/c1-13-4-6-14(7-5-13)10-16-11-15-12-17(2)8-9-18(15)3/h13-16H,4-12H2,1-3H3. The van der Waals surface area contributed by atoms with Gasteiger partial charge >= 0.3 is 0 Å². The van der Waals surface area contributed by atoms with Crippen LogP contribution in [0.3, 0.4) is 0 Å². The van der Waals surface area contributed by atoms with Gasteiger partial charge in [0.05, 0.1) is 0 Å². The quantitative estimate of drug-likeness (QED) is 0.822. The van der Waals surface area contributed by atoms with Gasteiger partial charge in [-0.05, 0) is 45.3 Å². The highest BCUT2D eigenvalue weighted by Gasteiger charge is 2.22. The summed E-state index contributed by atoms with van der Waals surface area (Å²) in [6.45, 7) is 8.44.